The fourth-order valence-corrected chi connectivity index (χ4v) is 2.96. The summed E-state index contributed by atoms with van der Waals surface area (Å²) in [7, 11) is 1.97. The van der Waals surface area contributed by atoms with Crippen molar-refractivity contribution < 1.29 is 4.79 Å². The Kier molecular flexibility index (Phi) is 6.60. The van der Waals surface area contributed by atoms with Crippen LogP contribution in [-0.2, 0) is 0 Å². The van der Waals surface area contributed by atoms with E-state index in [4.69, 9.17) is 11.6 Å². The minimum atomic E-state index is 0. The first-order valence-electron chi connectivity index (χ1n) is 6.03. The molecular weight excluding hydrogens is 351 g/mol. The van der Waals surface area contributed by atoms with Crippen molar-refractivity contribution in [3.05, 3.63) is 33.3 Å². The highest BCUT2D eigenvalue weighted by Gasteiger charge is 2.23. The summed E-state index contributed by atoms with van der Waals surface area (Å²) in [5.41, 5.74) is 0.586. The lowest BCUT2D eigenvalue weighted by molar-refractivity contribution is 0.0707. The molecule has 0 aromatic heterocycles. The van der Waals surface area contributed by atoms with E-state index in [1.807, 2.05) is 18.0 Å². The van der Waals surface area contributed by atoms with Gasteiger partial charge in [-0.05, 0) is 38.1 Å². The van der Waals surface area contributed by atoms with Gasteiger partial charge in [0, 0.05) is 23.6 Å². The number of piperidine rings is 1. The standard InChI is InChI=1S/C13H16BrClN2O.ClH/c1-16-10-4-6-17(7-5-10)13(18)11-3-2-9(14)8-12(11)15;/h2-3,8,10,16H,4-7H2,1H3;1H. The van der Waals surface area contributed by atoms with Crippen LogP contribution >= 0.6 is 39.9 Å². The average Bonchev–Trinajstić information content (AvgIpc) is 2.38. The quantitative estimate of drug-likeness (QED) is 0.869. The second-order valence-corrected chi connectivity index (χ2v) is 5.80. The second kappa shape index (κ2) is 7.48. The first-order chi connectivity index (χ1) is 8.61. The van der Waals surface area contributed by atoms with Crippen LogP contribution in [0.3, 0.4) is 0 Å². The Bertz CT molecular complexity index is 448. The highest BCUT2D eigenvalue weighted by Crippen LogP contribution is 2.23. The third-order valence-electron chi connectivity index (χ3n) is 3.35. The van der Waals surface area contributed by atoms with E-state index in [1.54, 1.807) is 12.1 Å². The summed E-state index contributed by atoms with van der Waals surface area (Å²) in [4.78, 5) is 14.2. The molecule has 1 aromatic carbocycles. The summed E-state index contributed by atoms with van der Waals surface area (Å²) in [5.74, 6) is 0.0297. The SMILES string of the molecule is CNC1CCN(C(=O)c2ccc(Br)cc2Cl)CC1.Cl. The van der Waals surface area contributed by atoms with Crippen molar-refractivity contribution in [3.63, 3.8) is 0 Å². The summed E-state index contributed by atoms with van der Waals surface area (Å²) in [5, 5.41) is 3.76. The fraction of sp³-hybridized carbons (Fsp3) is 0.462. The van der Waals surface area contributed by atoms with E-state index in [-0.39, 0.29) is 18.3 Å². The molecule has 1 aliphatic heterocycles. The number of likely N-dealkylation sites (tertiary alicyclic amines) is 1. The number of halogens is 3. The zero-order chi connectivity index (χ0) is 13.1. The van der Waals surface area contributed by atoms with Gasteiger partial charge in [0.25, 0.3) is 5.91 Å². The predicted octanol–water partition coefficient (Wildman–Crippen LogP) is 3.35. The van der Waals surface area contributed by atoms with E-state index in [0.717, 1.165) is 30.4 Å². The van der Waals surface area contributed by atoms with E-state index in [1.165, 1.54) is 0 Å². The lowest BCUT2D eigenvalue weighted by Gasteiger charge is -2.32. The van der Waals surface area contributed by atoms with Crippen molar-refractivity contribution in [2.45, 2.75) is 18.9 Å². The van der Waals surface area contributed by atoms with Gasteiger partial charge in [0.05, 0.1) is 10.6 Å². The van der Waals surface area contributed by atoms with Gasteiger partial charge in [0.2, 0.25) is 0 Å². The molecule has 1 aliphatic rings. The third-order valence-corrected chi connectivity index (χ3v) is 4.16. The number of benzene rings is 1. The molecule has 0 radical (unpaired) electrons. The molecule has 1 saturated heterocycles. The molecule has 0 unspecified atom stereocenters. The van der Waals surface area contributed by atoms with Gasteiger partial charge < -0.3 is 10.2 Å². The topological polar surface area (TPSA) is 32.3 Å². The van der Waals surface area contributed by atoms with Gasteiger partial charge in [0.1, 0.15) is 0 Å². The van der Waals surface area contributed by atoms with Gasteiger partial charge >= 0.3 is 0 Å². The largest absolute Gasteiger partial charge is 0.338 e. The van der Waals surface area contributed by atoms with E-state index in [0.29, 0.717) is 16.6 Å². The molecule has 19 heavy (non-hydrogen) atoms. The molecule has 106 valence electrons. The highest BCUT2D eigenvalue weighted by molar-refractivity contribution is 9.10. The van der Waals surface area contributed by atoms with Crippen molar-refractivity contribution in [1.82, 2.24) is 10.2 Å². The summed E-state index contributed by atoms with van der Waals surface area (Å²) in [6.07, 6.45) is 1.99. The Balaban J connectivity index is 0.00000180. The number of carbonyl (C=O) groups excluding carboxylic acids is 1. The van der Waals surface area contributed by atoms with Crippen LogP contribution in [0.15, 0.2) is 22.7 Å². The Morgan fingerprint density at radius 2 is 2.05 bits per heavy atom. The van der Waals surface area contributed by atoms with E-state index in [9.17, 15) is 4.79 Å². The number of rotatable bonds is 2. The first kappa shape index (κ1) is 16.8. The van der Waals surface area contributed by atoms with Crippen molar-refractivity contribution in [2.24, 2.45) is 0 Å². The molecule has 0 bridgehead atoms. The zero-order valence-electron chi connectivity index (χ0n) is 10.7. The molecule has 1 amide bonds. The number of amides is 1. The van der Waals surface area contributed by atoms with Crippen LogP contribution in [0.5, 0.6) is 0 Å². The van der Waals surface area contributed by atoms with Crippen LogP contribution in [0.4, 0.5) is 0 Å². The normalized spacial score (nSPS) is 16.1. The Morgan fingerprint density at radius 1 is 1.42 bits per heavy atom. The molecule has 2 rings (SSSR count). The Hall–Kier alpha value is -0.290. The molecule has 1 N–H and O–H groups in total. The molecule has 6 heteroatoms. The van der Waals surface area contributed by atoms with E-state index in [2.05, 4.69) is 21.2 Å². The lowest BCUT2D eigenvalue weighted by Crippen LogP contribution is -2.44. The van der Waals surface area contributed by atoms with Gasteiger partial charge in [-0.2, -0.15) is 0 Å². The minimum Gasteiger partial charge on any atom is -0.338 e. The maximum atomic E-state index is 12.3. The number of hydrogen-bond acceptors (Lipinski definition) is 2. The molecule has 3 nitrogen and oxygen atoms in total. The second-order valence-electron chi connectivity index (χ2n) is 4.48. The van der Waals surface area contributed by atoms with Crippen LogP contribution in [-0.4, -0.2) is 37.0 Å². The Morgan fingerprint density at radius 3 is 2.58 bits per heavy atom. The van der Waals surface area contributed by atoms with Crippen molar-refractivity contribution in [2.75, 3.05) is 20.1 Å². The third kappa shape index (κ3) is 4.09. The smallest absolute Gasteiger partial charge is 0.255 e. The monoisotopic (exact) mass is 366 g/mol. The van der Waals surface area contributed by atoms with E-state index >= 15 is 0 Å². The summed E-state index contributed by atoms with van der Waals surface area (Å²) >= 11 is 9.45. The zero-order valence-corrected chi connectivity index (χ0v) is 13.8. The molecule has 0 aliphatic carbocycles. The molecule has 1 aromatic rings. The van der Waals surface area contributed by atoms with Crippen molar-refractivity contribution in [1.29, 1.82) is 0 Å². The molecule has 0 spiro atoms. The van der Waals surface area contributed by atoms with Crippen LogP contribution in [0.25, 0.3) is 0 Å². The van der Waals surface area contributed by atoms with Gasteiger partial charge in [-0.3, -0.25) is 4.79 Å². The van der Waals surface area contributed by atoms with E-state index < -0.39 is 0 Å². The number of nitrogens with one attached hydrogen (secondary N) is 1. The number of nitrogens with zero attached hydrogens (tertiary/aromatic N) is 1. The first-order valence-corrected chi connectivity index (χ1v) is 7.20. The average molecular weight is 368 g/mol. The molecule has 0 saturated carbocycles. The van der Waals surface area contributed by atoms with Crippen LogP contribution < -0.4 is 5.32 Å². The van der Waals surface area contributed by atoms with Gasteiger partial charge in [0.15, 0.2) is 0 Å². The fourth-order valence-electron chi connectivity index (χ4n) is 2.20. The van der Waals surface area contributed by atoms with Crippen molar-refractivity contribution in [3.8, 4) is 0 Å². The molecule has 0 atom stereocenters. The van der Waals surface area contributed by atoms with Crippen LogP contribution in [0.2, 0.25) is 5.02 Å². The number of carbonyl (C=O) groups is 1. The summed E-state index contributed by atoms with van der Waals surface area (Å²) < 4.78 is 0.887. The lowest BCUT2D eigenvalue weighted by atomic mass is 10.0. The molecule has 1 fully saturated rings. The Labute approximate surface area is 133 Å². The van der Waals surface area contributed by atoms with Crippen molar-refractivity contribution >= 4 is 45.8 Å². The molecular formula is C13H17BrCl2N2O. The van der Waals surface area contributed by atoms with Crippen LogP contribution in [0, 0.1) is 0 Å². The summed E-state index contributed by atoms with van der Waals surface area (Å²) in [6, 6.07) is 5.91. The molecule has 1 heterocycles. The maximum absolute atomic E-state index is 12.3. The van der Waals surface area contributed by atoms with Crippen LogP contribution in [0.1, 0.15) is 23.2 Å². The van der Waals surface area contributed by atoms with Gasteiger partial charge in [-0.15, -0.1) is 12.4 Å². The maximum Gasteiger partial charge on any atom is 0.255 e. The predicted molar refractivity (Wildman–Crippen MR) is 84.4 cm³/mol. The minimum absolute atomic E-state index is 0. The highest BCUT2D eigenvalue weighted by atomic mass is 79.9. The summed E-state index contributed by atoms with van der Waals surface area (Å²) in [6.45, 7) is 1.58. The van der Waals surface area contributed by atoms with Gasteiger partial charge in [-0.25, -0.2) is 0 Å². The number of hydrogen-bond donors (Lipinski definition) is 1. The van der Waals surface area contributed by atoms with Gasteiger partial charge in [-0.1, -0.05) is 27.5 Å².